The van der Waals surface area contributed by atoms with Crippen molar-refractivity contribution in [2.45, 2.75) is 332 Å². The third-order valence-electron chi connectivity index (χ3n) is 17.4. The van der Waals surface area contributed by atoms with E-state index in [0.717, 1.165) is 104 Å². The molecule has 0 spiro atoms. The SMILES string of the molecule is CC1(C)CC1.CC1(C)CCCCC1.CC1(F)CC1.CC1(N)CC1.CC1CC1C.CC1CC1C.CC1CCC(C)(F)CC1.CC1CCC[C@@H](C)C1.C[C@@H]1CCCCC1N.[C-]#[N+]C1(C)CCCCC1. The molecule has 8 atom stereocenters. The molecule has 3 nitrogen and oxygen atoms in total. The maximum atomic E-state index is 13.0. The highest BCUT2D eigenvalue weighted by Crippen LogP contribution is 2.44. The Balaban J connectivity index is 0.000000375. The molecule has 0 aromatic carbocycles. The Kier molecular flexibility index (Phi) is 29.7. The first kappa shape index (κ1) is 64.3. The third kappa shape index (κ3) is 38.6. The Morgan fingerprint density at radius 3 is 0.910 bits per heavy atom. The number of halogens is 2. The van der Waals surface area contributed by atoms with E-state index in [2.05, 4.69) is 102 Å². The molecule has 10 fully saturated rings. The topological polar surface area (TPSA) is 56.4 Å². The number of alkyl halides is 2. The number of hydrogen-bond donors (Lipinski definition) is 2. The molecule has 0 amide bonds. The molecule has 10 aliphatic carbocycles. The molecule has 0 aromatic heterocycles. The van der Waals surface area contributed by atoms with E-state index in [4.69, 9.17) is 18.0 Å². The number of nitrogens with zero attached hydrogens (tertiary/aromatic N) is 1. The van der Waals surface area contributed by atoms with Gasteiger partial charge in [0.1, 0.15) is 11.3 Å². The van der Waals surface area contributed by atoms with Crippen molar-refractivity contribution in [3.8, 4) is 0 Å². The van der Waals surface area contributed by atoms with Gasteiger partial charge in [-0.2, -0.15) is 0 Å². The van der Waals surface area contributed by atoms with Gasteiger partial charge in [-0.1, -0.05) is 141 Å². The predicted octanol–water partition coefficient (Wildman–Crippen LogP) is 20.0. The van der Waals surface area contributed by atoms with Gasteiger partial charge in [-0.15, -0.1) is 0 Å². The Labute approximate surface area is 420 Å². The summed E-state index contributed by atoms with van der Waals surface area (Å²) >= 11 is 0. The van der Waals surface area contributed by atoms with E-state index in [9.17, 15) is 8.78 Å². The lowest BCUT2D eigenvalue weighted by molar-refractivity contribution is 0.108. The second kappa shape index (κ2) is 31.0. The molecule has 6 unspecified atom stereocenters. The fraction of sp³-hybridized carbons (Fsp3) is 0.984. The minimum absolute atomic E-state index is 0.0122. The van der Waals surface area contributed by atoms with Crippen LogP contribution in [0.4, 0.5) is 8.78 Å². The monoisotopic (exact) mass is 946 g/mol. The molecule has 10 saturated carbocycles. The fourth-order valence-electron chi connectivity index (χ4n) is 9.02. The van der Waals surface area contributed by atoms with E-state index >= 15 is 0 Å². The molecule has 10 rings (SSSR count). The van der Waals surface area contributed by atoms with Gasteiger partial charge in [0.2, 0.25) is 5.54 Å². The zero-order valence-electron chi connectivity index (χ0n) is 48.3. The quantitative estimate of drug-likeness (QED) is 0.238. The van der Waals surface area contributed by atoms with E-state index in [0.29, 0.717) is 11.5 Å². The van der Waals surface area contributed by atoms with Crippen LogP contribution in [0.3, 0.4) is 0 Å². The second-order valence-corrected chi connectivity index (χ2v) is 27.9. The van der Waals surface area contributed by atoms with Gasteiger partial charge >= 0.3 is 0 Å². The Morgan fingerprint density at radius 2 is 0.731 bits per heavy atom. The molecule has 398 valence electrons. The van der Waals surface area contributed by atoms with Crippen molar-refractivity contribution >= 4 is 0 Å². The van der Waals surface area contributed by atoms with Crippen LogP contribution in [0, 0.1) is 64.7 Å². The summed E-state index contributed by atoms with van der Waals surface area (Å²) in [6.07, 6.45) is 38.2. The Morgan fingerprint density at radius 1 is 0.388 bits per heavy atom. The summed E-state index contributed by atoms with van der Waals surface area (Å²) in [5.74, 6) is 7.77. The van der Waals surface area contributed by atoms with E-state index in [1.807, 2.05) is 0 Å². The summed E-state index contributed by atoms with van der Waals surface area (Å²) in [7, 11) is 0. The van der Waals surface area contributed by atoms with Gasteiger partial charge in [-0.05, 0) is 201 Å². The Hall–Kier alpha value is -0.730. The molecule has 5 heteroatoms. The standard InChI is InChI=1S/C8H15F.C8H13N.2C8H16.C7H15N.3C5H10.C4H7F.C4H9N/c1-7-3-5-8(2,9)6-4-7;1-8(9-2)6-4-3-5-7-8;1-7-4-3-5-8(2)6-7;1-8(2)6-4-3-5-7-8;1-6-4-2-3-5-7(6)8;1-5(2)3-4-5;2*1-4-3-5(4)2;2*1-4(5)2-3-4/h7H,3-6H2,1-2H3;3-7H2,1H3;7-8H,3-6H2,1-2H3;3-7H2,1-2H3;6-7H,2-5,8H2,1H3;3-4H2,1-2H3;2*4-5H,3H2,1-2H3;2-3H2,1H3;2-3,5H2,1H3/t;;7-,8?;;6-,7?;;;;;/m..1.1...../s1. The van der Waals surface area contributed by atoms with E-state index in [1.165, 1.54) is 141 Å². The minimum Gasteiger partial charge on any atom is -0.327 e. The lowest BCUT2D eigenvalue weighted by atomic mass is 9.78. The zero-order chi connectivity index (χ0) is 51.1. The van der Waals surface area contributed by atoms with Crippen LogP contribution in [0.1, 0.15) is 303 Å². The molecule has 67 heavy (non-hydrogen) atoms. The van der Waals surface area contributed by atoms with Gasteiger partial charge in [0, 0.05) is 31.3 Å². The normalized spacial score (nSPS) is 36.3. The van der Waals surface area contributed by atoms with Gasteiger partial charge in [-0.25, -0.2) is 15.4 Å². The summed E-state index contributed by atoms with van der Waals surface area (Å²) in [5.41, 5.74) is 11.3. The lowest BCUT2D eigenvalue weighted by Gasteiger charge is -2.28. The first-order valence-electron chi connectivity index (χ1n) is 29.2. The lowest BCUT2D eigenvalue weighted by Crippen LogP contribution is -2.30. The fourth-order valence-corrected chi connectivity index (χ4v) is 9.02. The average Bonchev–Trinajstić information content (AvgIpc) is 4.08. The van der Waals surface area contributed by atoms with Crippen molar-refractivity contribution in [2.24, 2.45) is 69.6 Å². The molecular formula is C62H121F2N3. The van der Waals surface area contributed by atoms with Crippen molar-refractivity contribution in [3.63, 3.8) is 0 Å². The second-order valence-electron chi connectivity index (χ2n) is 27.9. The number of hydrogen-bond acceptors (Lipinski definition) is 2. The maximum Gasteiger partial charge on any atom is 0.229 e. The highest BCUT2D eigenvalue weighted by molar-refractivity contribution is 4.96. The molecule has 0 heterocycles. The minimum atomic E-state index is -0.841. The van der Waals surface area contributed by atoms with E-state index in [-0.39, 0.29) is 11.1 Å². The molecule has 0 radical (unpaired) electrons. The van der Waals surface area contributed by atoms with Crippen LogP contribution < -0.4 is 11.5 Å². The van der Waals surface area contributed by atoms with E-state index in [1.54, 1.807) is 13.8 Å². The van der Waals surface area contributed by atoms with Crippen molar-refractivity contribution in [3.05, 3.63) is 11.4 Å². The van der Waals surface area contributed by atoms with Gasteiger partial charge in [0.15, 0.2) is 0 Å². The van der Waals surface area contributed by atoms with Crippen LogP contribution in [0.2, 0.25) is 0 Å². The molecule has 0 aliphatic heterocycles. The summed E-state index contributed by atoms with van der Waals surface area (Å²) in [6, 6.07) is 0.503. The molecular weight excluding hydrogens is 825 g/mol. The van der Waals surface area contributed by atoms with Gasteiger partial charge < -0.3 is 16.3 Å². The first-order valence-corrected chi connectivity index (χ1v) is 29.2. The highest BCUT2D eigenvalue weighted by Gasteiger charge is 2.37. The van der Waals surface area contributed by atoms with Crippen molar-refractivity contribution in [1.82, 2.24) is 0 Å². The zero-order valence-corrected chi connectivity index (χ0v) is 48.3. The van der Waals surface area contributed by atoms with Crippen molar-refractivity contribution in [2.75, 3.05) is 0 Å². The van der Waals surface area contributed by atoms with Crippen LogP contribution in [0.25, 0.3) is 4.85 Å². The van der Waals surface area contributed by atoms with Crippen LogP contribution in [-0.4, -0.2) is 28.5 Å². The van der Waals surface area contributed by atoms with Crippen molar-refractivity contribution < 1.29 is 8.78 Å². The smallest absolute Gasteiger partial charge is 0.229 e. The molecule has 0 bridgehead atoms. The van der Waals surface area contributed by atoms with Gasteiger partial charge in [-0.3, -0.25) is 0 Å². The highest BCUT2D eigenvalue weighted by atomic mass is 19.1. The van der Waals surface area contributed by atoms with Crippen LogP contribution in [0.15, 0.2) is 0 Å². The first-order chi connectivity index (χ1) is 30.9. The average molecular weight is 947 g/mol. The van der Waals surface area contributed by atoms with Crippen molar-refractivity contribution in [1.29, 1.82) is 0 Å². The third-order valence-corrected chi connectivity index (χ3v) is 17.4. The van der Waals surface area contributed by atoms with Gasteiger partial charge in [0.25, 0.3) is 0 Å². The number of rotatable bonds is 0. The van der Waals surface area contributed by atoms with Crippen LogP contribution in [-0.2, 0) is 0 Å². The van der Waals surface area contributed by atoms with Crippen LogP contribution >= 0.6 is 0 Å². The molecule has 0 saturated heterocycles. The summed E-state index contributed by atoms with van der Waals surface area (Å²) < 4.78 is 24.8. The largest absolute Gasteiger partial charge is 0.327 e. The number of nitrogens with two attached hydrogens (primary N) is 2. The maximum absolute atomic E-state index is 13.0. The summed E-state index contributed by atoms with van der Waals surface area (Å²) in [5, 5.41) is 0. The van der Waals surface area contributed by atoms with E-state index < -0.39 is 11.3 Å². The van der Waals surface area contributed by atoms with Crippen LogP contribution in [0.5, 0.6) is 0 Å². The Bertz CT molecular complexity index is 1190. The molecule has 10 aliphatic rings. The van der Waals surface area contributed by atoms with Gasteiger partial charge in [0.05, 0.1) is 0 Å². The molecule has 4 N–H and O–H groups in total. The summed E-state index contributed by atoms with van der Waals surface area (Å²) in [4.78, 5) is 3.63. The molecule has 0 aromatic rings. The summed E-state index contributed by atoms with van der Waals surface area (Å²) in [6.45, 7) is 42.2. The predicted molar refractivity (Wildman–Crippen MR) is 294 cm³/mol.